The average molecular weight is 541 g/mol. The summed E-state index contributed by atoms with van der Waals surface area (Å²) in [5, 5.41) is 12.9. The zero-order valence-electron chi connectivity index (χ0n) is 19.8. The number of nitrogens with one attached hydrogen (secondary N) is 1. The summed E-state index contributed by atoms with van der Waals surface area (Å²) in [6.45, 7) is 3.21. The second-order valence-corrected chi connectivity index (χ2v) is 12.2. The highest BCUT2D eigenvalue weighted by Crippen LogP contribution is 2.37. The van der Waals surface area contributed by atoms with Gasteiger partial charge in [-0.3, -0.25) is 0 Å². The van der Waals surface area contributed by atoms with E-state index in [-0.39, 0.29) is 6.10 Å². The van der Waals surface area contributed by atoms with E-state index in [4.69, 9.17) is 21.5 Å². The summed E-state index contributed by atoms with van der Waals surface area (Å²) in [6.07, 6.45) is 2.08. The molecule has 0 amide bonds. The molecule has 3 heterocycles. The molecule has 4 aromatic rings. The molecule has 186 valence electrons. The standard InChI is InChI=1S/C26H25ClN4O3S2/c1-17-12-20(34-30-17)16-28-15-19-14-24(31(29-19)23-9-4-3-8-22(23)27)26-11-10-25(35-26)18-6-5-7-21(13-18)36(2,32)33/h3-11,13-14,20,28H,12,15-16H2,1-2H3. The molecule has 5 rings (SSSR count). The zero-order chi connectivity index (χ0) is 25.3. The van der Waals surface area contributed by atoms with Gasteiger partial charge in [-0.25, -0.2) is 13.1 Å². The van der Waals surface area contributed by atoms with Crippen molar-refractivity contribution in [2.45, 2.75) is 30.9 Å². The van der Waals surface area contributed by atoms with Crippen molar-refractivity contribution in [2.24, 2.45) is 5.16 Å². The highest BCUT2D eigenvalue weighted by atomic mass is 35.5. The lowest BCUT2D eigenvalue weighted by Gasteiger charge is -2.09. The van der Waals surface area contributed by atoms with Gasteiger partial charge in [0, 0.05) is 30.6 Å². The van der Waals surface area contributed by atoms with E-state index in [1.54, 1.807) is 29.5 Å². The molecule has 10 heteroatoms. The van der Waals surface area contributed by atoms with Crippen molar-refractivity contribution in [1.29, 1.82) is 0 Å². The van der Waals surface area contributed by atoms with Gasteiger partial charge in [-0.15, -0.1) is 11.3 Å². The van der Waals surface area contributed by atoms with Crippen molar-refractivity contribution in [3.8, 4) is 26.7 Å². The Morgan fingerprint density at radius 3 is 2.67 bits per heavy atom. The van der Waals surface area contributed by atoms with Crippen molar-refractivity contribution < 1.29 is 13.3 Å². The number of nitrogens with zero attached hydrogens (tertiary/aromatic N) is 3. The van der Waals surface area contributed by atoms with Crippen LogP contribution in [0.2, 0.25) is 5.02 Å². The van der Waals surface area contributed by atoms with Crippen LogP contribution in [-0.2, 0) is 21.2 Å². The zero-order valence-corrected chi connectivity index (χ0v) is 22.2. The number of hydrogen-bond donors (Lipinski definition) is 1. The van der Waals surface area contributed by atoms with Gasteiger partial charge in [-0.1, -0.05) is 41.0 Å². The van der Waals surface area contributed by atoms with Crippen molar-refractivity contribution >= 4 is 38.5 Å². The predicted molar refractivity (Wildman–Crippen MR) is 145 cm³/mol. The number of hydrogen-bond acceptors (Lipinski definition) is 7. The summed E-state index contributed by atoms with van der Waals surface area (Å²) < 4.78 is 25.9. The van der Waals surface area contributed by atoms with Gasteiger partial charge in [-0.05, 0) is 55.0 Å². The van der Waals surface area contributed by atoms with Crippen LogP contribution < -0.4 is 5.32 Å². The molecule has 2 aromatic carbocycles. The molecule has 0 aliphatic carbocycles. The summed E-state index contributed by atoms with van der Waals surface area (Å²) >= 11 is 8.11. The molecular weight excluding hydrogens is 516 g/mol. The van der Waals surface area contributed by atoms with E-state index in [0.717, 1.165) is 44.5 Å². The van der Waals surface area contributed by atoms with Crippen LogP contribution in [0.25, 0.3) is 26.7 Å². The molecule has 0 saturated heterocycles. The Labute approximate surface area is 219 Å². The predicted octanol–water partition coefficient (Wildman–Crippen LogP) is 5.58. The van der Waals surface area contributed by atoms with Crippen LogP contribution in [0.1, 0.15) is 19.0 Å². The second kappa shape index (κ2) is 10.2. The third-order valence-corrected chi connectivity index (χ3v) is 8.39. The maximum absolute atomic E-state index is 12.0. The molecule has 36 heavy (non-hydrogen) atoms. The third kappa shape index (κ3) is 5.39. The topological polar surface area (TPSA) is 85.6 Å². The molecule has 0 bridgehead atoms. The van der Waals surface area contributed by atoms with Crippen LogP contribution in [0.15, 0.2) is 76.8 Å². The number of thiophene rings is 1. The first-order valence-corrected chi connectivity index (χ1v) is 14.5. The van der Waals surface area contributed by atoms with E-state index >= 15 is 0 Å². The Hall–Kier alpha value is -2.98. The van der Waals surface area contributed by atoms with Gasteiger partial charge in [-0.2, -0.15) is 5.10 Å². The van der Waals surface area contributed by atoms with E-state index in [1.807, 2.05) is 54.1 Å². The second-order valence-electron chi connectivity index (χ2n) is 8.74. The van der Waals surface area contributed by atoms with Crippen LogP contribution in [0.5, 0.6) is 0 Å². The van der Waals surface area contributed by atoms with E-state index in [2.05, 4.69) is 16.5 Å². The lowest BCUT2D eigenvalue weighted by Crippen LogP contribution is -2.26. The van der Waals surface area contributed by atoms with Crippen molar-refractivity contribution in [1.82, 2.24) is 15.1 Å². The number of benzene rings is 2. The first-order valence-electron chi connectivity index (χ1n) is 11.4. The Balaban J connectivity index is 1.45. The van der Waals surface area contributed by atoms with Crippen molar-refractivity contribution in [3.05, 3.63) is 77.4 Å². The highest BCUT2D eigenvalue weighted by molar-refractivity contribution is 7.90. The maximum Gasteiger partial charge on any atom is 0.175 e. The van der Waals surface area contributed by atoms with Crippen LogP contribution in [0, 0.1) is 0 Å². The molecule has 1 aliphatic rings. The fourth-order valence-electron chi connectivity index (χ4n) is 4.05. The van der Waals surface area contributed by atoms with Crippen molar-refractivity contribution in [3.63, 3.8) is 0 Å². The molecule has 0 saturated carbocycles. The molecule has 1 N–H and O–H groups in total. The lowest BCUT2D eigenvalue weighted by molar-refractivity contribution is 0.0847. The third-order valence-electron chi connectivity index (χ3n) is 5.80. The Morgan fingerprint density at radius 1 is 1.11 bits per heavy atom. The minimum absolute atomic E-state index is 0.0395. The van der Waals surface area contributed by atoms with E-state index in [1.165, 1.54) is 6.26 Å². The summed E-state index contributed by atoms with van der Waals surface area (Å²) in [7, 11) is -3.29. The largest absolute Gasteiger partial charge is 0.391 e. The normalized spacial score (nSPS) is 15.6. The Kier molecular flexibility index (Phi) is 6.98. The first-order chi connectivity index (χ1) is 17.3. The number of aromatic nitrogens is 2. The monoisotopic (exact) mass is 540 g/mol. The van der Waals surface area contributed by atoms with Crippen LogP contribution in [0.3, 0.4) is 0 Å². The molecule has 1 atom stereocenters. The molecule has 0 radical (unpaired) electrons. The fourth-order valence-corrected chi connectivity index (χ4v) is 5.94. The average Bonchev–Trinajstić information content (AvgIpc) is 3.59. The van der Waals surface area contributed by atoms with Gasteiger partial charge in [0.15, 0.2) is 9.84 Å². The Morgan fingerprint density at radius 2 is 1.92 bits per heavy atom. The number of rotatable bonds is 8. The molecule has 7 nitrogen and oxygen atoms in total. The quantitative estimate of drug-likeness (QED) is 0.315. The van der Waals surface area contributed by atoms with Gasteiger partial charge in [0.05, 0.1) is 37.6 Å². The minimum Gasteiger partial charge on any atom is -0.391 e. The smallest absolute Gasteiger partial charge is 0.175 e. The van der Waals surface area contributed by atoms with E-state index < -0.39 is 9.84 Å². The van der Waals surface area contributed by atoms with Gasteiger partial charge in [0.2, 0.25) is 0 Å². The van der Waals surface area contributed by atoms with E-state index in [9.17, 15) is 8.42 Å². The van der Waals surface area contributed by atoms with Crippen molar-refractivity contribution in [2.75, 3.05) is 12.8 Å². The van der Waals surface area contributed by atoms with Crippen LogP contribution >= 0.6 is 22.9 Å². The van der Waals surface area contributed by atoms with Gasteiger partial charge in [0.1, 0.15) is 6.10 Å². The van der Waals surface area contributed by atoms with Gasteiger partial charge in [0.25, 0.3) is 0 Å². The van der Waals surface area contributed by atoms with Crippen LogP contribution in [-0.4, -0.2) is 42.8 Å². The molecular formula is C26H25ClN4O3S2. The number of oxime groups is 1. The number of sulfone groups is 1. The van der Waals surface area contributed by atoms with E-state index in [0.29, 0.717) is 23.0 Å². The minimum atomic E-state index is -3.29. The number of halogens is 1. The number of para-hydroxylation sites is 1. The summed E-state index contributed by atoms with van der Waals surface area (Å²) in [5.74, 6) is 0. The lowest BCUT2D eigenvalue weighted by atomic mass is 10.2. The molecule has 1 aliphatic heterocycles. The molecule has 0 spiro atoms. The molecule has 2 aromatic heterocycles. The maximum atomic E-state index is 12.0. The highest BCUT2D eigenvalue weighted by Gasteiger charge is 2.19. The summed E-state index contributed by atoms with van der Waals surface area (Å²) in [5.41, 5.74) is 4.43. The fraction of sp³-hybridized carbons (Fsp3) is 0.231. The van der Waals surface area contributed by atoms with Crippen LogP contribution in [0.4, 0.5) is 0 Å². The molecule has 1 unspecified atom stereocenters. The summed E-state index contributed by atoms with van der Waals surface area (Å²) in [4.78, 5) is 7.67. The molecule has 0 fully saturated rings. The first kappa shape index (κ1) is 24.7. The van der Waals surface area contributed by atoms with Gasteiger partial charge < -0.3 is 10.2 Å². The van der Waals surface area contributed by atoms with Gasteiger partial charge >= 0.3 is 0 Å². The Bertz CT molecular complexity index is 1540. The SMILES string of the molecule is CC1=NOC(CNCc2cc(-c3ccc(-c4cccc(S(C)(=O)=O)c4)s3)n(-c3ccccc3Cl)n2)C1. The summed E-state index contributed by atoms with van der Waals surface area (Å²) in [6, 6.07) is 20.7.